The number of nitrogens with two attached hydrogens (primary N) is 1. The van der Waals surface area contributed by atoms with Crippen LogP contribution in [0.15, 0.2) is 18.2 Å². The SMILES string of the molecule is COc1ccc(O)c(C(=O)NC(CN)C2CCCC2)c1. The van der Waals surface area contributed by atoms with Crippen LogP contribution >= 0.6 is 0 Å². The van der Waals surface area contributed by atoms with Gasteiger partial charge < -0.3 is 20.9 Å². The molecule has 0 heterocycles. The monoisotopic (exact) mass is 278 g/mol. The minimum atomic E-state index is -0.302. The van der Waals surface area contributed by atoms with Crippen molar-refractivity contribution in [2.24, 2.45) is 11.7 Å². The van der Waals surface area contributed by atoms with Crippen molar-refractivity contribution in [2.45, 2.75) is 31.7 Å². The minimum absolute atomic E-state index is 0.0319. The zero-order chi connectivity index (χ0) is 14.5. The number of hydrogen-bond acceptors (Lipinski definition) is 4. The number of hydrogen-bond donors (Lipinski definition) is 3. The van der Waals surface area contributed by atoms with Gasteiger partial charge in [0.15, 0.2) is 0 Å². The van der Waals surface area contributed by atoms with Crippen molar-refractivity contribution in [3.63, 3.8) is 0 Å². The molecule has 20 heavy (non-hydrogen) atoms. The predicted octanol–water partition coefficient (Wildman–Crippen LogP) is 1.65. The van der Waals surface area contributed by atoms with Crippen molar-refractivity contribution >= 4 is 5.91 Å². The summed E-state index contributed by atoms with van der Waals surface area (Å²) in [4.78, 5) is 12.3. The van der Waals surface area contributed by atoms with Crippen LogP contribution in [0.5, 0.6) is 11.5 Å². The molecule has 0 bridgehead atoms. The maximum absolute atomic E-state index is 12.3. The molecule has 0 saturated heterocycles. The highest BCUT2D eigenvalue weighted by molar-refractivity contribution is 5.97. The molecule has 1 aromatic carbocycles. The molecule has 1 amide bonds. The first-order valence-corrected chi connectivity index (χ1v) is 7.03. The molecule has 0 aliphatic heterocycles. The summed E-state index contributed by atoms with van der Waals surface area (Å²) < 4.78 is 5.08. The van der Waals surface area contributed by atoms with E-state index in [0.717, 1.165) is 12.8 Å². The topological polar surface area (TPSA) is 84.6 Å². The highest BCUT2D eigenvalue weighted by atomic mass is 16.5. The molecule has 1 atom stereocenters. The number of nitrogens with one attached hydrogen (secondary N) is 1. The Labute approximate surface area is 119 Å². The Balaban J connectivity index is 2.10. The first-order chi connectivity index (χ1) is 9.65. The molecule has 1 fully saturated rings. The standard InChI is InChI=1S/C15H22N2O3/c1-20-11-6-7-14(18)12(8-11)15(19)17-13(9-16)10-4-2-3-5-10/h6-8,10,13,18H,2-5,9,16H2,1H3,(H,17,19). The lowest BCUT2D eigenvalue weighted by Crippen LogP contribution is -2.44. The maximum atomic E-state index is 12.3. The van der Waals surface area contributed by atoms with E-state index in [0.29, 0.717) is 18.2 Å². The van der Waals surface area contributed by atoms with Gasteiger partial charge in [-0.1, -0.05) is 12.8 Å². The van der Waals surface area contributed by atoms with Gasteiger partial charge in [-0.25, -0.2) is 0 Å². The van der Waals surface area contributed by atoms with Crippen LogP contribution in [0.1, 0.15) is 36.0 Å². The lowest BCUT2D eigenvalue weighted by Gasteiger charge is -2.23. The third-order valence-corrected chi connectivity index (χ3v) is 3.99. The zero-order valence-corrected chi connectivity index (χ0v) is 11.8. The average molecular weight is 278 g/mol. The van der Waals surface area contributed by atoms with Gasteiger partial charge in [-0.3, -0.25) is 4.79 Å². The third kappa shape index (κ3) is 3.22. The fourth-order valence-corrected chi connectivity index (χ4v) is 2.80. The van der Waals surface area contributed by atoms with Crippen LogP contribution in [0.2, 0.25) is 0 Å². The maximum Gasteiger partial charge on any atom is 0.255 e. The van der Waals surface area contributed by atoms with E-state index in [1.54, 1.807) is 6.07 Å². The summed E-state index contributed by atoms with van der Waals surface area (Å²) in [6.07, 6.45) is 4.60. The fourth-order valence-electron chi connectivity index (χ4n) is 2.80. The Hall–Kier alpha value is -1.75. The smallest absolute Gasteiger partial charge is 0.255 e. The highest BCUT2D eigenvalue weighted by Gasteiger charge is 2.26. The summed E-state index contributed by atoms with van der Waals surface area (Å²) in [6, 6.07) is 4.58. The number of amides is 1. The van der Waals surface area contributed by atoms with Crippen molar-refractivity contribution in [1.29, 1.82) is 0 Å². The van der Waals surface area contributed by atoms with E-state index in [1.807, 2.05) is 0 Å². The van der Waals surface area contributed by atoms with Gasteiger partial charge in [0.1, 0.15) is 11.5 Å². The number of phenolic OH excluding ortho intramolecular Hbond substituents is 1. The van der Waals surface area contributed by atoms with Crippen LogP contribution in [-0.2, 0) is 0 Å². The molecule has 4 N–H and O–H groups in total. The molecule has 0 aromatic heterocycles. The molecule has 1 saturated carbocycles. The molecule has 2 rings (SSSR count). The fraction of sp³-hybridized carbons (Fsp3) is 0.533. The Bertz CT molecular complexity index is 470. The summed E-state index contributed by atoms with van der Waals surface area (Å²) in [5, 5.41) is 12.7. The second kappa shape index (κ2) is 6.61. The second-order valence-electron chi connectivity index (χ2n) is 5.24. The van der Waals surface area contributed by atoms with Gasteiger partial charge in [0.25, 0.3) is 5.91 Å². The van der Waals surface area contributed by atoms with Gasteiger partial charge in [0.05, 0.1) is 12.7 Å². The van der Waals surface area contributed by atoms with Crippen molar-refractivity contribution in [1.82, 2.24) is 5.32 Å². The van der Waals surface area contributed by atoms with Crippen LogP contribution in [0.25, 0.3) is 0 Å². The van der Waals surface area contributed by atoms with Crippen LogP contribution < -0.4 is 15.8 Å². The van der Waals surface area contributed by atoms with E-state index in [1.165, 1.54) is 32.1 Å². The molecular formula is C15H22N2O3. The summed E-state index contributed by atoms with van der Waals surface area (Å²) >= 11 is 0. The van der Waals surface area contributed by atoms with Crippen LogP contribution in [0, 0.1) is 5.92 Å². The van der Waals surface area contributed by atoms with Crippen molar-refractivity contribution in [3.05, 3.63) is 23.8 Å². The number of ether oxygens (including phenoxy) is 1. The first kappa shape index (κ1) is 14.7. The summed E-state index contributed by atoms with van der Waals surface area (Å²) in [7, 11) is 1.52. The quantitative estimate of drug-likeness (QED) is 0.764. The molecule has 5 nitrogen and oxygen atoms in total. The van der Waals surface area contributed by atoms with Crippen LogP contribution in [0.4, 0.5) is 0 Å². The summed E-state index contributed by atoms with van der Waals surface area (Å²) in [6.45, 7) is 0.418. The molecule has 110 valence electrons. The molecule has 0 spiro atoms. The van der Waals surface area contributed by atoms with E-state index in [2.05, 4.69) is 5.32 Å². The van der Waals surface area contributed by atoms with E-state index in [-0.39, 0.29) is 23.3 Å². The Kier molecular flexibility index (Phi) is 4.84. The largest absolute Gasteiger partial charge is 0.507 e. The van der Waals surface area contributed by atoms with Gasteiger partial charge in [-0.15, -0.1) is 0 Å². The lowest BCUT2D eigenvalue weighted by atomic mass is 9.97. The second-order valence-corrected chi connectivity index (χ2v) is 5.24. The average Bonchev–Trinajstić information content (AvgIpc) is 2.99. The van der Waals surface area contributed by atoms with Crippen molar-refractivity contribution < 1.29 is 14.6 Å². The number of carbonyl (C=O) groups excluding carboxylic acids is 1. The lowest BCUT2D eigenvalue weighted by molar-refractivity contribution is 0.0921. The number of aromatic hydroxyl groups is 1. The summed E-state index contributed by atoms with van der Waals surface area (Å²) in [5.41, 5.74) is 5.99. The predicted molar refractivity (Wildman–Crippen MR) is 76.9 cm³/mol. The van der Waals surface area contributed by atoms with Gasteiger partial charge in [0, 0.05) is 12.6 Å². The highest BCUT2D eigenvalue weighted by Crippen LogP contribution is 2.28. The Morgan fingerprint density at radius 2 is 2.20 bits per heavy atom. The van der Waals surface area contributed by atoms with E-state index in [4.69, 9.17) is 10.5 Å². The molecule has 1 aliphatic rings. The number of phenols is 1. The van der Waals surface area contributed by atoms with Gasteiger partial charge in [-0.2, -0.15) is 0 Å². The van der Waals surface area contributed by atoms with E-state index >= 15 is 0 Å². The van der Waals surface area contributed by atoms with Gasteiger partial charge in [0.2, 0.25) is 0 Å². The molecule has 0 radical (unpaired) electrons. The van der Waals surface area contributed by atoms with Crippen LogP contribution in [-0.4, -0.2) is 30.7 Å². The van der Waals surface area contributed by atoms with Crippen LogP contribution in [0.3, 0.4) is 0 Å². The zero-order valence-electron chi connectivity index (χ0n) is 11.8. The van der Waals surface area contributed by atoms with Gasteiger partial charge >= 0.3 is 0 Å². The van der Waals surface area contributed by atoms with Crippen molar-refractivity contribution in [3.8, 4) is 11.5 Å². The normalized spacial score (nSPS) is 16.9. The number of rotatable bonds is 5. The van der Waals surface area contributed by atoms with E-state index in [9.17, 15) is 9.90 Å². The molecule has 1 unspecified atom stereocenters. The molecular weight excluding hydrogens is 256 g/mol. The molecule has 5 heteroatoms. The number of methoxy groups -OCH3 is 1. The number of benzene rings is 1. The Morgan fingerprint density at radius 1 is 1.50 bits per heavy atom. The summed E-state index contributed by atoms with van der Waals surface area (Å²) in [5.74, 6) is 0.629. The minimum Gasteiger partial charge on any atom is -0.507 e. The van der Waals surface area contributed by atoms with Gasteiger partial charge in [-0.05, 0) is 37.0 Å². The van der Waals surface area contributed by atoms with Crippen molar-refractivity contribution in [2.75, 3.05) is 13.7 Å². The number of carbonyl (C=O) groups is 1. The Morgan fingerprint density at radius 3 is 2.80 bits per heavy atom. The molecule has 1 aliphatic carbocycles. The third-order valence-electron chi connectivity index (χ3n) is 3.99. The molecule has 1 aromatic rings. The first-order valence-electron chi connectivity index (χ1n) is 7.03. The van der Waals surface area contributed by atoms with E-state index < -0.39 is 0 Å².